The molecule has 5 nitrogen and oxygen atoms in total. The molecular formula is C15H17ClN2O3S. The standard InChI is InChI=1S/C15H17ClN2O3S/c1-18(14(9-10-19)12-5-3-2-4-6-12)22(20,21)13-7-8-15(16)17-11-13/h2-8,11,14,19H,9-10H2,1H3. The highest BCUT2D eigenvalue weighted by Crippen LogP contribution is 2.28. The van der Waals surface area contributed by atoms with Gasteiger partial charge in [0.25, 0.3) is 0 Å². The van der Waals surface area contributed by atoms with Crippen molar-refractivity contribution in [3.05, 3.63) is 59.4 Å². The van der Waals surface area contributed by atoms with Crippen LogP contribution >= 0.6 is 11.6 Å². The normalized spacial score (nSPS) is 13.3. The second-order valence-corrected chi connectivity index (χ2v) is 7.16. The summed E-state index contributed by atoms with van der Waals surface area (Å²) in [6.07, 6.45) is 1.54. The first-order valence-electron chi connectivity index (χ1n) is 6.72. The van der Waals surface area contributed by atoms with Crippen LogP contribution in [0.2, 0.25) is 5.15 Å². The Balaban J connectivity index is 2.37. The fourth-order valence-electron chi connectivity index (χ4n) is 2.20. The Hall–Kier alpha value is -1.47. The van der Waals surface area contributed by atoms with Crippen LogP contribution in [0.3, 0.4) is 0 Å². The monoisotopic (exact) mass is 340 g/mol. The molecule has 1 aromatic carbocycles. The number of aliphatic hydroxyl groups is 1. The molecule has 2 rings (SSSR count). The molecule has 0 fully saturated rings. The number of hydrogen-bond acceptors (Lipinski definition) is 4. The SMILES string of the molecule is CN(C(CCO)c1ccccc1)S(=O)(=O)c1ccc(Cl)nc1. The zero-order valence-electron chi connectivity index (χ0n) is 12.1. The van der Waals surface area contributed by atoms with Crippen LogP contribution in [0.25, 0.3) is 0 Å². The van der Waals surface area contributed by atoms with Crippen LogP contribution in [0, 0.1) is 0 Å². The van der Waals surface area contributed by atoms with Crippen molar-refractivity contribution < 1.29 is 13.5 Å². The van der Waals surface area contributed by atoms with Gasteiger partial charge in [-0.2, -0.15) is 4.31 Å². The number of aliphatic hydroxyl groups excluding tert-OH is 1. The van der Waals surface area contributed by atoms with Gasteiger partial charge in [0, 0.05) is 19.9 Å². The van der Waals surface area contributed by atoms with Gasteiger partial charge in [-0.1, -0.05) is 41.9 Å². The van der Waals surface area contributed by atoms with E-state index in [1.54, 1.807) is 0 Å². The van der Waals surface area contributed by atoms with E-state index >= 15 is 0 Å². The number of nitrogens with zero attached hydrogens (tertiary/aromatic N) is 2. The van der Waals surface area contributed by atoms with E-state index in [1.165, 1.54) is 29.7 Å². The minimum atomic E-state index is -3.72. The van der Waals surface area contributed by atoms with E-state index in [9.17, 15) is 13.5 Å². The van der Waals surface area contributed by atoms with Gasteiger partial charge in [-0.3, -0.25) is 0 Å². The van der Waals surface area contributed by atoms with Crippen molar-refractivity contribution >= 4 is 21.6 Å². The second-order valence-electron chi connectivity index (χ2n) is 4.78. The van der Waals surface area contributed by atoms with E-state index in [4.69, 9.17) is 11.6 Å². The van der Waals surface area contributed by atoms with Gasteiger partial charge < -0.3 is 5.11 Å². The average Bonchev–Trinajstić information content (AvgIpc) is 2.53. The van der Waals surface area contributed by atoms with Crippen LogP contribution in [-0.2, 0) is 10.0 Å². The highest BCUT2D eigenvalue weighted by Gasteiger charge is 2.29. The largest absolute Gasteiger partial charge is 0.396 e. The first-order chi connectivity index (χ1) is 10.5. The summed E-state index contributed by atoms with van der Waals surface area (Å²) in [5.74, 6) is 0. The first-order valence-corrected chi connectivity index (χ1v) is 8.54. The minimum Gasteiger partial charge on any atom is -0.396 e. The molecule has 1 heterocycles. The fourth-order valence-corrected chi connectivity index (χ4v) is 3.64. The van der Waals surface area contributed by atoms with Crippen molar-refractivity contribution in [2.75, 3.05) is 13.7 Å². The summed E-state index contributed by atoms with van der Waals surface area (Å²) in [5.41, 5.74) is 0.824. The third-order valence-electron chi connectivity index (χ3n) is 3.40. The lowest BCUT2D eigenvalue weighted by molar-refractivity contribution is 0.240. The Labute approximate surface area is 135 Å². The molecule has 7 heteroatoms. The molecule has 1 N–H and O–H groups in total. The van der Waals surface area contributed by atoms with Crippen LogP contribution < -0.4 is 0 Å². The highest BCUT2D eigenvalue weighted by molar-refractivity contribution is 7.89. The van der Waals surface area contributed by atoms with E-state index in [1.807, 2.05) is 30.3 Å². The molecular weight excluding hydrogens is 324 g/mol. The average molecular weight is 341 g/mol. The lowest BCUT2D eigenvalue weighted by atomic mass is 10.0. The van der Waals surface area contributed by atoms with Gasteiger partial charge in [-0.05, 0) is 24.1 Å². The van der Waals surface area contributed by atoms with Gasteiger partial charge in [0.1, 0.15) is 10.0 Å². The van der Waals surface area contributed by atoms with E-state index in [0.29, 0.717) is 6.42 Å². The molecule has 0 bridgehead atoms. The van der Waals surface area contributed by atoms with Crippen molar-refractivity contribution in [1.29, 1.82) is 0 Å². The van der Waals surface area contributed by atoms with Gasteiger partial charge in [0.05, 0.1) is 6.04 Å². The molecule has 118 valence electrons. The quantitative estimate of drug-likeness (QED) is 0.820. The van der Waals surface area contributed by atoms with Crippen LogP contribution in [0.5, 0.6) is 0 Å². The molecule has 0 saturated heterocycles. The maximum atomic E-state index is 12.7. The molecule has 0 amide bonds. The number of rotatable bonds is 6. The zero-order chi connectivity index (χ0) is 16.2. The third kappa shape index (κ3) is 3.64. The number of benzene rings is 1. The number of hydrogen-bond donors (Lipinski definition) is 1. The minimum absolute atomic E-state index is 0.0678. The molecule has 1 aromatic heterocycles. The molecule has 0 aliphatic carbocycles. The third-order valence-corrected chi connectivity index (χ3v) is 5.48. The summed E-state index contributed by atoms with van der Waals surface area (Å²) < 4.78 is 26.6. The van der Waals surface area contributed by atoms with Gasteiger partial charge in [-0.25, -0.2) is 13.4 Å². The molecule has 22 heavy (non-hydrogen) atoms. The van der Waals surface area contributed by atoms with Crippen LogP contribution in [-0.4, -0.2) is 36.5 Å². The smallest absolute Gasteiger partial charge is 0.244 e. The zero-order valence-corrected chi connectivity index (χ0v) is 13.6. The molecule has 0 aliphatic rings. The Morgan fingerprint density at radius 2 is 1.91 bits per heavy atom. The van der Waals surface area contributed by atoms with Gasteiger partial charge in [-0.15, -0.1) is 0 Å². The van der Waals surface area contributed by atoms with Crippen LogP contribution in [0.4, 0.5) is 0 Å². The van der Waals surface area contributed by atoms with Gasteiger partial charge in [0.2, 0.25) is 10.0 Å². The molecule has 0 radical (unpaired) electrons. The Kier molecular flexibility index (Phi) is 5.52. The molecule has 0 aliphatic heterocycles. The summed E-state index contributed by atoms with van der Waals surface area (Å²) in [5, 5.41) is 9.50. The van der Waals surface area contributed by atoms with E-state index < -0.39 is 16.1 Å². The van der Waals surface area contributed by atoms with Crippen molar-refractivity contribution in [1.82, 2.24) is 9.29 Å². The maximum absolute atomic E-state index is 12.7. The van der Waals surface area contributed by atoms with Crippen LogP contribution in [0.1, 0.15) is 18.0 Å². The summed E-state index contributed by atoms with van der Waals surface area (Å²) in [6, 6.07) is 11.6. The number of halogens is 1. The molecule has 0 spiro atoms. The molecule has 2 aromatic rings. The van der Waals surface area contributed by atoms with Crippen LogP contribution in [0.15, 0.2) is 53.6 Å². The summed E-state index contributed by atoms with van der Waals surface area (Å²) in [4.78, 5) is 3.88. The Bertz CT molecular complexity index is 705. The Morgan fingerprint density at radius 3 is 2.45 bits per heavy atom. The molecule has 0 saturated carbocycles. The van der Waals surface area contributed by atoms with Crippen molar-refractivity contribution in [3.63, 3.8) is 0 Å². The summed E-state index contributed by atoms with van der Waals surface area (Å²) >= 11 is 5.70. The number of aromatic nitrogens is 1. The molecule has 1 atom stereocenters. The topological polar surface area (TPSA) is 70.5 Å². The predicted molar refractivity (Wildman–Crippen MR) is 85.1 cm³/mol. The van der Waals surface area contributed by atoms with E-state index in [-0.39, 0.29) is 16.7 Å². The van der Waals surface area contributed by atoms with Crippen molar-refractivity contribution in [2.24, 2.45) is 0 Å². The van der Waals surface area contributed by atoms with E-state index in [0.717, 1.165) is 5.56 Å². The Morgan fingerprint density at radius 1 is 1.23 bits per heavy atom. The second kappa shape index (κ2) is 7.19. The van der Waals surface area contributed by atoms with Crippen molar-refractivity contribution in [2.45, 2.75) is 17.4 Å². The highest BCUT2D eigenvalue weighted by atomic mass is 35.5. The first kappa shape index (κ1) is 16.9. The lowest BCUT2D eigenvalue weighted by Gasteiger charge is -2.27. The van der Waals surface area contributed by atoms with Gasteiger partial charge >= 0.3 is 0 Å². The van der Waals surface area contributed by atoms with Crippen molar-refractivity contribution in [3.8, 4) is 0 Å². The maximum Gasteiger partial charge on any atom is 0.244 e. The fraction of sp³-hybridized carbons (Fsp3) is 0.267. The number of pyridine rings is 1. The predicted octanol–water partition coefficient (Wildman–Crippen LogP) is 2.48. The van der Waals surface area contributed by atoms with E-state index in [2.05, 4.69) is 4.98 Å². The van der Waals surface area contributed by atoms with Gasteiger partial charge in [0.15, 0.2) is 0 Å². The lowest BCUT2D eigenvalue weighted by Crippen LogP contribution is -2.32. The summed E-state index contributed by atoms with van der Waals surface area (Å²) in [7, 11) is -2.23. The molecule has 1 unspecified atom stereocenters. The number of sulfonamides is 1. The summed E-state index contributed by atoms with van der Waals surface area (Å²) in [6.45, 7) is -0.113.